The first-order chi connectivity index (χ1) is 17.9. The normalized spacial score (nSPS) is 26.2. The Hall–Kier alpha value is -2.98. The van der Waals surface area contributed by atoms with Crippen molar-refractivity contribution in [3.05, 3.63) is 35.9 Å². The SMILES string of the molecule is CC(C)(C)C(=O)OC[C@@H](OC(=O)C(C)(C)C)[C@H]1OC(c2ccccc2)O[C@@H]2[C@H]1OC(=O)[C@@H]2OC(=O)C(C)(C)C. The summed E-state index contributed by atoms with van der Waals surface area (Å²) >= 11 is 0. The third-order valence-corrected chi connectivity index (χ3v) is 6.14. The summed E-state index contributed by atoms with van der Waals surface area (Å²) in [5, 5.41) is 0. The van der Waals surface area contributed by atoms with Crippen LogP contribution in [-0.2, 0) is 47.6 Å². The zero-order valence-electron chi connectivity index (χ0n) is 24.1. The fourth-order valence-corrected chi connectivity index (χ4v) is 3.73. The van der Waals surface area contributed by atoms with E-state index in [1.807, 2.05) is 6.07 Å². The van der Waals surface area contributed by atoms with Crippen LogP contribution in [0.4, 0.5) is 0 Å². The van der Waals surface area contributed by atoms with Gasteiger partial charge >= 0.3 is 23.9 Å². The first-order valence-electron chi connectivity index (χ1n) is 13.1. The highest BCUT2D eigenvalue weighted by atomic mass is 16.8. The topological polar surface area (TPSA) is 124 Å². The Bertz CT molecular complexity index is 1060. The van der Waals surface area contributed by atoms with Gasteiger partial charge in [-0.05, 0) is 62.3 Å². The fraction of sp³-hybridized carbons (Fsp3) is 0.655. The van der Waals surface area contributed by atoms with Crippen molar-refractivity contribution in [3.63, 3.8) is 0 Å². The molecular formula is C29H40O10. The summed E-state index contributed by atoms with van der Waals surface area (Å²) in [7, 11) is 0. The van der Waals surface area contributed by atoms with E-state index in [0.29, 0.717) is 5.56 Å². The van der Waals surface area contributed by atoms with E-state index in [4.69, 9.17) is 28.4 Å². The molecule has 10 heteroatoms. The van der Waals surface area contributed by atoms with Crippen molar-refractivity contribution in [2.45, 2.75) is 99.1 Å². The van der Waals surface area contributed by atoms with Gasteiger partial charge in [-0.15, -0.1) is 0 Å². The standard InChI is InChI=1S/C29H40O10/c1-27(2,3)24(31)34-15-17(35-25(32)28(4,5)6)18-19-20(38-23(37-18)16-13-11-10-12-14-16)21(22(30)36-19)39-26(33)29(7,8)9/h10-14,17-21,23H,15H2,1-9H3/t17-,18-,19+,20-,21-,23?/m1/s1. The number of ether oxygens (including phenoxy) is 6. The van der Waals surface area contributed by atoms with Crippen molar-refractivity contribution in [1.82, 2.24) is 0 Å². The molecule has 0 spiro atoms. The van der Waals surface area contributed by atoms with E-state index in [0.717, 1.165) is 0 Å². The molecule has 0 N–H and O–H groups in total. The molecule has 2 aliphatic heterocycles. The summed E-state index contributed by atoms with van der Waals surface area (Å²) in [6.07, 6.45) is -6.82. The lowest BCUT2D eigenvalue weighted by Crippen LogP contribution is -2.56. The van der Waals surface area contributed by atoms with Crippen LogP contribution in [0.5, 0.6) is 0 Å². The minimum Gasteiger partial charge on any atom is -0.461 e. The molecule has 39 heavy (non-hydrogen) atoms. The van der Waals surface area contributed by atoms with Gasteiger partial charge in [0.2, 0.25) is 6.10 Å². The Kier molecular flexibility index (Phi) is 8.82. The lowest BCUT2D eigenvalue weighted by atomic mass is 9.95. The fourth-order valence-electron chi connectivity index (χ4n) is 3.73. The molecule has 1 aromatic rings. The Morgan fingerprint density at radius 1 is 0.795 bits per heavy atom. The van der Waals surface area contributed by atoms with E-state index < -0.39 is 76.9 Å². The highest BCUT2D eigenvalue weighted by Crippen LogP contribution is 2.40. The zero-order valence-corrected chi connectivity index (χ0v) is 24.1. The van der Waals surface area contributed by atoms with Crippen LogP contribution in [-0.4, -0.2) is 61.0 Å². The highest BCUT2D eigenvalue weighted by Gasteiger charge is 2.59. The van der Waals surface area contributed by atoms with Crippen molar-refractivity contribution in [2.24, 2.45) is 16.2 Å². The summed E-state index contributed by atoms with van der Waals surface area (Å²) in [4.78, 5) is 51.2. The van der Waals surface area contributed by atoms with Gasteiger partial charge in [-0.1, -0.05) is 30.3 Å². The second kappa shape index (κ2) is 11.3. The predicted octanol–water partition coefficient (Wildman–Crippen LogP) is 3.90. The Labute approximate surface area is 229 Å². The van der Waals surface area contributed by atoms with Crippen LogP contribution < -0.4 is 0 Å². The van der Waals surface area contributed by atoms with Gasteiger partial charge < -0.3 is 28.4 Å². The molecule has 0 bridgehead atoms. The maximum Gasteiger partial charge on any atom is 0.350 e. The highest BCUT2D eigenvalue weighted by molar-refractivity contribution is 5.84. The molecule has 0 radical (unpaired) electrons. The molecular weight excluding hydrogens is 508 g/mol. The second-order valence-electron chi connectivity index (χ2n) is 13.0. The van der Waals surface area contributed by atoms with Crippen molar-refractivity contribution >= 4 is 23.9 Å². The van der Waals surface area contributed by atoms with Gasteiger partial charge in [0, 0.05) is 5.56 Å². The number of benzene rings is 1. The summed E-state index contributed by atoms with van der Waals surface area (Å²) in [6.45, 7) is 14.8. The largest absolute Gasteiger partial charge is 0.461 e. The van der Waals surface area contributed by atoms with Gasteiger partial charge in [0.1, 0.15) is 18.8 Å². The average molecular weight is 549 g/mol. The average Bonchev–Trinajstić information content (AvgIpc) is 3.14. The van der Waals surface area contributed by atoms with Crippen LogP contribution >= 0.6 is 0 Å². The molecule has 0 amide bonds. The molecule has 216 valence electrons. The quantitative estimate of drug-likeness (QED) is 0.382. The maximum atomic E-state index is 13.0. The third kappa shape index (κ3) is 7.36. The molecule has 6 atom stereocenters. The molecule has 2 fully saturated rings. The van der Waals surface area contributed by atoms with E-state index in [1.54, 1.807) is 86.6 Å². The van der Waals surface area contributed by atoms with Crippen LogP contribution in [0.15, 0.2) is 30.3 Å². The van der Waals surface area contributed by atoms with E-state index in [9.17, 15) is 19.2 Å². The molecule has 1 unspecified atom stereocenters. The number of rotatable bonds is 6. The molecule has 1 aromatic carbocycles. The Balaban J connectivity index is 1.99. The van der Waals surface area contributed by atoms with Crippen molar-refractivity contribution < 1.29 is 47.6 Å². The van der Waals surface area contributed by atoms with E-state index in [2.05, 4.69) is 0 Å². The lowest BCUT2D eigenvalue weighted by molar-refractivity contribution is -0.303. The second-order valence-corrected chi connectivity index (χ2v) is 13.0. The molecule has 0 aliphatic carbocycles. The summed E-state index contributed by atoms with van der Waals surface area (Å²) in [5.41, 5.74) is -1.95. The van der Waals surface area contributed by atoms with E-state index >= 15 is 0 Å². The summed E-state index contributed by atoms with van der Waals surface area (Å²) < 4.78 is 34.9. The minimum absolute atomic E-state index is 0.350. The monoisotopic (exact) mass is 548 g/mol. The molecule has 10 nitrogen and oxygen atoms in total. The van der Waals surface area contributed by atoms with Gasteiger partial charge in [0.25, 0.3) is 0 Å². The first kappa shape index (κ1) is 30.6. The number of fused-ring (bicyclic) bond motifs is 1. The van der Waals surface area contributed by atoms with E-state index in [1.165, 1.54) is 0 Å². The molecule has 2 saturated heterocycles. The lowest BCUT2D eigenvalue weighted by Gasteiger charge is -2.41. The molecule has 0 saturated carbocycles. The van der Waals surface area contributed by atoms with Crippen LogP contribution in [0.25, 0.3) is 0 Å². The smallest absolute Gasteiger partial charge is 0.350 e. The van der Waals surface area contributed by atoms with Crippen molar-refractivity contribution in [3.8, 4) is 0 Å². The Morgan fingerprint density at radius 2 is 1.36 bits per heavy atom. The number of hydrogen-bond acceptors (Lipinski definition) is 10. The summed E-state index contributed by atoms with van der Waals surface area (Å²) in [5.74, 6) is -2.49. The first-order valence-corrected chi connectivity index (χ1v) is 13.1. The van der Waals surface area contributed by atoms with Gasteiger partial charge in [0.15, 0.2) is 18.5 Å². The maximum absolute atomic E-state index is 13.0. The predicted molar refractivity (Wildman–Crippen MR) is 138 cm³/mol. The number of carbonyl (C=O) groups is 4. The van der Waals surface area contributed by atoms with Crippen LogP contribution in [0.3, 0.4) is 0 Å². The van der Waals surface area contributed by atoms with Crippen molar-refractivity contribution in [1.29, 1.82) is 0 Å². The molecule has 2 heterocycles. The van der Waals surface area contributed by atoms with Crippen LogP contribution in [0.1, 0.15) is 74.2 Å². The number of hydrogen-bond donors (Lipinski definition) is 0. The van der Waals surface area contributed by atoms with Crippen LogP contribution in [0, 0.1) is 16.2 Å². The van der Waals surface area contributed by atoms with Gasteiger partial charge in [-0.2, -0.15) is 0 Å². The van der Waals surface area contributed by atoms with Gasteiger partial charge in [0.05, 0.1) is 16.2 Å². The molecule has 0 aromatic heterocycles. The number of esters is 4. The number of carbonyl (C=O) groups excluding carboxylic acids is 4. The third-order valence-electron chi connectivity index (χ3n) is 6.14. The van der Waals surface area contributed by atoms with Gasteiger partial charge in [-0.3, -0.25) is 14.4 Å². The zero-order chi connectivity index (χ0) is 29.3. The Morgan fingerprint density at radius 3 is 1.90 bits per heavy atom. The van der Waals surface area contributed by atoms with Crippen molar-refractivity contribution in [2.75, 3.05) is 6.61 Å². The summed E-state index contributed by atoms with van der Waals surface area (Å²) in [6, 6.07) is 8.94. The van der Waals surface area contributed by atoms with Crippen LogP contribution in [0.2, 0.25) is 0 Å². The van der Waals surface area contributed by atoms with E-state index in [-0.39, 0.29) is 6.61 Å². The molecule has 2 aliphatic rings. The minimum atomic E-state index is -1.37. The molecule has 3 rings (SSSR count). The van der Waals surface area contributed by atoms with Gasteiger partial charge in [-0.25, -0.2) is 4.79 Å².